The predicted molar refractivity (Wildman–Crippen MR) is 49.7 cm³/mol. The van der Waals surface area contributed by atoms with E-state index in [4.69, 9.17) is 9.84 Å². The van der Waals surface area contributed by atoms with Crippen LogP contribution in [0.5, 0.6) is 0 Å². The highest BCUT2D eigenvalue weighted by atomic mass is 31.2. The summed E-state index contributed by atoms with van der Waals surface area (Å²) < 4.78 is 16.5. The van der Waals surface area contributed by atoms with Crippen molar-refractivity contribution in [3.63, 3.8) is 0 Å². The third kappa shape index (κ3) is 5.37. The molecule has 0 spiro atoms. The van der Waals surface area contributed by atoms with E-state index in [2.05, 4.69) is 11.8 Å². The second kappa shape index (κ2) is 5.37. The molecule has 70 valence electrons. The molecule has 0 radical (unpaired) electrons. The minimum atomic E-state index is -2.16. The third-order valence-electron chi connectivity index (χ3n) is 1.48. The van der Waals surface area contributed by atoms with E-state index < -0.39 is 7.14 Å². The van der Waals surface area contributed by atoms with Gasteiger partial charge in [0.05, 0.1) is 0 Å². The van der Waals surface area contributed by atoms with E-state index in [1.807, 2.05) is 0 Å². The molecule has 12 heavy (non-hydrogen) atoms. The summed E-state index contributed by atoms with van der Waals surface area (Å²) in [7, 11) is -2.16. The summed E-state index contributed by atoms with van der Waals surface area (Å²) in [5.74, 6) is 4.78. The molecule has 0 saturated heterocycles. The first kappa shape index (κ1) is 11.7. The molecular weight excluding hydrogens is 175 g/mol. The molecule has 0 bridgehead atoms. The van der Waals surface area contributed by atoms with Gasteiger partial charge in [-0.1, -0.05) is 11.8 Å². The van der Waals surface area contributed by atoms with Crippen molar-refractivity contribution in [1.82, 2.24) is 0 Å². The number of hydrogen-bond acceptors (Lipinski definition) is 3. The van der Waals surface area contributed by atoms with E-state index in [0.29, 0.717) is 0 Å². The van der Waals surface area contributed by atoms with Crippen molar-refractivity contribution in [2.45, 2.75) is 12.8 Å². The normalized spacial score (nSPS) is 13.3. The van der Waals surface area contributed by atoms with E-state index in [-0.39, 0.29) is 19.1 Å². The van der Waals surface area contributed by atoms with E-state index in [0.717, 1.165) is 0 Å². The number of rotatable bonds is 3. The van der Waals surface area contributed by atoms with E-state index in [9.17, 15) is 4.57 Å². The van der Waals surface area contributed by atoms with Crippen molar-refractivity contribution in [2.24, 2.45) is 0 Å². The second-order valence-corrected chi connectivity index (χ2v) is 6.45. The van der Waals surface area contributed by atoms with Gasteiger partial charge in [-0.05, 0) is 20.3 Å². The first-order valence-corrected chi connectivity index (χ1v) is 6.38. The monoisotopic (exact) mass is 190 g/mol. The number of hydrogen-bond donors (Lipinski definition) is 1. The van der Waals surface area contributed by atoms with Gasteiger partial charge in [-0.15, -0.1) is 0 Å². The van der Waals surface area contributed by atoms with Crippen LogP contribution >= 0.6 is 7.14 Å². The lowest BCUT2D eigenvalue weighted by Gasteiger charge is -2.15. The minimum absolute atomic E-state index is 0.159. The molecule has 0 heterocycles. The van der Waals surface area contributed by atoms with Crippen LogP contribution in [0.15, 0.2) is 0 Å². The maximum absolute atomic E-state index is 11.4. The zero-order chi connectivity index (χ0) is 9.61. The van der Waals surface area contributed by atoms with Crippen LogP contribution in [-0.2, 0) is 9.30 Å². The molecule has 0 amide bonds. The van der Waals surface area contributed by atoms with Gasteiger partial charge in [0, 0.05) is 0 Å². The van der Waals surface area contributed by atoms with Crippen molar-refractivity contribution < 1.29 is 14.4 Å². The highest BCUT2D eigenvalue weighted by molar-refractivity contribution is 7.62. The molecule has 0 aliphatic heterocycles. The van der Waals surface area contributed by atoms with E-state index in [1.54, 1.807) is 20.3 Å². The van der Waals surface area contributed by atoms with Gasteiger partial charge in [-0.2, -0.15) is 0 Å². The first-order valence-electron chi connectivity index (χ1n) is 3.71. The average Bonchev–Trinajstić information content (AvgIpc) is 1.96. The SMILES string of the molecule is CC(OCC#CCO)P(C)(C)=O. The lowest BCUT2D eigenvalue weighted by molar-refractivity contribution is 0.147. The summed E-state index contributed by atoms with van der Waals surface area (Å²) in [6.07, 6.45) is 0. The Balaban J connectivity index is 3.73. The smallest absolute Gasteiger partial charge is 0.109 e. The van der Waals surface area contributed by atoms with Gasteiger partial charge in [0.2, 0.25) is 0 Å². The molecule has 0 aliphatic carbocycles. The van der Waals surface area contributed by atoms with Gasteiger partial charge in [0.15, 0.2) is 0 Å². The molecule has 1 unspecified atom stereocenters. The molecule has 0 rings (SSSR count). The molecule has 0 aromatic heterocycles. The fraction of sp³-hybridized carbons (Fsp3) is 0.750. The fourth-order valence-corrected chi connectivity index (χ4v) is 0.882. The van der Waals surface area contributed by atoms with Crippen LogP contribution in [0.25, 0.3) is 0 Å². The quantitative estimate of drug-likeness (QED) is 0.532. The molecule has 0 aromatic rings. The molecule has 1 N–H and O–H groups in total. The number of ether oxygens (including phenoxy) is 1. The lowest BCUT2D eigenvalue weighted by atomic mass is 10.6. The Morgan fingerprint density at radius 2 is 2.08 bits per heavy atom. The van der Waals surface area contributed by atoms with Crippen molar-refractivity contribution in [3.8, 4) is 11.8 Å². The van der Waals surface area contributed by atoms with Crippen LogP contribution in [0.3, 0.4) is 0 Å². The van der Waals surface area contributed by atoms with Crippen LogP contribution in [0.1, 0.15) is 6.92 Å². The van der Waals surface area contributed by atoms with Gasteiger partial charge in [0.1, 0.15) is 26.2 Å². The molecular formula is C8H15O3P. The summed E-state index contributed by atoms with van der Waals surface area (Å²) >= 11 is 0. The topological polar surface area (TPSA) is 46.5 Å². The van der Waals surface area contributed by atoms with Crippen molar-refractivity contribution in [2.75, 3.05) is 26.5 Å². The zero-order valence-electron chi connectivity index (χ0n) is 7.70. The largest absolute Gasteiger partial charge is 0.384 e. The maximum Gasteiger partial charge on any atom is 0.109 e. The minimum Gasteiger partial charge on any atom is -0.384 e. The summed E-state index contributed by atoms with van der Waals surface area (Å²) in [5.41, 5.74) is 0. The summed E-state index contributed by atoms with van der Waals surface area (Å²) in [6.45, 7) is 5.19. The van der Waals surface area contributed by atoms with Gasteiger partial charge in [-0.3, -0.25) is 0 Å². The number of aliphatic hydroxyl groups is 1. The Morgan fingerprint density at radius 1 is 1.50 bits per heavy atom. The van der Waals surface area contributed by atoms with Crippen LogP contribution in [0, 0.1) is 11.8 Å². The van der Waals surface area contributed by atoms with Gasteiger partial charge in [-0.25, -0.2) is 0 Å². The highest BCUT2D eigenvalue weighted by Crippen LogP contribution is 2.42. The lowest BCUT2D eigenvalue weighted by Crippen LogP contribution is -2.07. The summed E-state index contributed by atoms with van der Waals surface area (Å²) in [5, 5.41) is 8.31. The van der Waals surface area contributed by atoms with Crippen LogP contribution in [-0.4, -0.2) is 37.5 Å². The predicted octanol–water partition coefficient (Wildman–Crippen LogP) is 0.967. The van der Waals surface area contributed by atoms with Crippen LogP contribution in [0.4, 0.5) is 0 Å². The maximum atomic E-state index is 11.4. The van der Waals surface area contributed by atoms with Gasteiger partial charge in [0.25, 0.3) is 0 Å². The molecule has 0 saturated carbocycles. The van der Waals surface area contributed by atoms with Crippen molar-refractivity contribution >= 4 is 7.14 Å². The third-order valence-corrected chi connectivity index (χ3v) is 3.38. The van der Waals surface area contributed by atoms with Gasteiger partial charge >= 0.3 is 0 Å². The molecule has 0 aromatic carbocycles. The van der Waals surface area contributed by atoms with Crippen molar-refractivity contribution in [1.29, 1.82) is 0 Å². The van der Waals surface area contributed by atoms with Gasteiger partial charge < -0.3 is 14.4 Å². The molecule has 3 nitrogen and oxygen atoms in total. The number of aliphatic hydroxyl groups excluding tert-OH is 1. The summed E-state index contributed by atoms with van der Waals surface area (Å²) in [4.78, 5) is 0. The Labute approximate surface area is 73.5 Å². The Morgan fingerprint density at radius 3 is 2.50 bits per heavy atom. The van der Waals surface area contributed by atoms with E-state index >= 15 is 0 Å². The Bertz CT molecular complexity index is 220. The average molecular weight is 190 g/mol. The van der Waals surface area contributed by atoms with Crippen LogP contribution < -0.4 is 0 Å². The Kier molecular flexibility index (Phi) is 5.24. The summed E-state index contributed by atoms with van der Waals surface area (Å²) in [6, 6.07) is 0. The molecule has 1 atom stereocenters. The fourth-order valence-electron chi connectivity index (χ4n) is 0.449. The first-order chi connectivity index (χ1) is 5.48. The molecule has 0 aliphatic rings. The Hall–Kier alpha value is -0.290. The highest BCUT2D eigenvalue weighted by Gasteiger charge is 2.17. The zero-order valence-corrected chi connectivity index (χ0v) is 8.60. The molecule has 0 fully saturated rings. The molecule has 4 heteroatoms. The van der Waals surface area contributed by atoms with E-state index in [1.165, 1.54) is 0 Å². The second-order valence-electron chi connectivity index (χ2n) is 2.86. The standard InChI is InChI=1S/C8H15O3P/c1-8(12(2,3)10)11-7-5-4-6-9/h8-9H,6-7H2,1-3H3. The van der Waals surface area contributed by atoms with Crippen LogP contribution in [0.2, 0.25) is 0 Å². The van der Waals surface area contributed by atoms with Crippen molar-refractivity contribution in [3.05, 3.63) is 0 Å².